The maximum absolute atomic E-state index is 11.5. The summed E-state index contributed by atoms with van der Waals surface area (Å²) in [5.41, 5.74) is 0. The van der Waals surface area contributed by atoms with E-state index in [-0.39, 0.29) is 11.9 Å². The molecule has 1 aliphatic carbocycles. The average Bonchev–Trinajstić information content (AvgIpc) is 2.37. The van der Waals surface area contributed by atoms with Crippen LogP contribution in [0.1, 0.15) is 6.42 Å². The normalized spacial score (nSPS) is 22.2. The van der Waals surface area contributed by atoms with Gasteiger partial charge in [-0.15, -0.1) is 0 Å². The van der Waals surface area contributed by atoms with Gasteiger partial charge >= 0.3 is 0 Å². The Morgan fingerprint density at radius 1 is 1.26 bits per heavy atom. The summed E-state index contributed by atoms with van der Waals surface area (Å²) in [4.78, 5) is 11.5. The Kier molecular flexibility index (Phi) is 5.05. The third kappa shape index (κ3) is 3.39. The van der Waals surface area contributed by atoms with Crippen molar-refractivity contribution in [1.29, 1.82) is 0 Å². The number of ketones is 1. The summed E-state index contributed by atoms with van der Waals surface area (Å²) in [6, 6.07) is 5.10. The van der Waals surface area contributed by atoms with Gasteiger partial charge in [0.2, 0.25) is 0 Å². The molecule has 2 rings (SSSR count). The molecule has 2 atom stereocenters. The Hall–Kier alpha value is -0.810. The maximum atomic E-state index is 11.5. The first-order valence-corrected chi connectivity index (χ1v) is 6.63. The number of hydrogen-bond acceptors (Lipinski definition) is 4. The standard InChI is InChI=1S/C13H14Cl2O4/c1-17-5-6-18-13-10(16)7-11(13)19-12-8(14)3-2-4-9(12)15/h2-4,11,13H,5-7H2,1H3. The third-order valence-corrected chi connectivity index (χ3v) is 3.43. The van der Waals surface area contributed by atoms with Crippen molar-refractivity contribution in [2.24, 2.45) is 0 Å². The minimum atomic E-state index is -0.567. The van der Waals surface area contributed by atoms with Crippen molar-refractivity contribution >= 4 is 29.0 Å². The van der Waals surface area contributed by atoms with Gasteiger partial charge < -0.3 is 14.2 Å². The minimum Gasteiger partial charge on any atom is -0.484 e. The van der Waals surface area contributed by atoms with Gasteiger partial charge in [-0.2, -0.15) is 0 Å². The van der Waals surface area contributed by atoms with Crippen molar-refractivity contribution in [1.82, 2.24) is 0 Å². The lowest BCUT2D eigenvalue weighted by Crippen LogP contribution is -2.52. The Morgan fingerprint density at radius 2 is 1.95 bits per heavy atom. The fraction of sp³-hybridized carbons (Fsp3) is 0.462. The molecule has 0 N–H and O–H groups in total. The van der Waals surface area contributed by atoms with Crippen LogP contribution in [0.2, 0.25) is 10.0 Å². The number of Topliss-reactive ketones (excluding diaryl/α,β-unsaturated/α-hetero) is 1. The van der Waals surface area contributed by atoms with E-state index in [0.29, 0.717) is 35.4 Å². The lowest BCUT2D eigenvalue weighted by molar-refractivity contribution is -0.156. The summed E-state index contributed by atoms with van der Waals surface area (Å²) in [6.45, 7) is 0.784. The van der Waals surface area contributed by atoms with E-state index in [1.165, 1.54) is 0 Å². The molecule has 4 nitrogen and oxygen atoms in total. The van der Waals surface area contributed by atoms with Crippen molar-refractivity contribution in [3.63, 3.8) is 0 Å². The number of para-hydroxylation sites is 1. The minimum absolute atomic E-state index is 0.0179. The fourth-order valence-corrected chi connectivity index (χ4v) is 2.26. The molecule has 1 aliphatic rings. The zero-order chi connectivity index (χ0) is 13.8. The van der Waals surface area contributed by atoms with Crippen LogP contribution in [0.15, 0.2) is 18.2 Å². The largest absolute Gasteiger partial charge is 0.484 e. The summed E-state index contributed by atoms with van der Waals surface area (Å²) >= 11 is 12.0. The highest BCUT2D eigenvalue weighted by molar-refractivity contribution is 6.37. The van der Waals surface area contributed by atoms with Gasteiger partial charge in [0.1, 0.15) is 6.10 Å². The van der Waals surface area contributed by atoms with E-state index in [1.807, 2.05) is 0 Å². The van der Waals surface area contributed by atoms with Crippen LogP contribution in [0.3, 0.4) is 0 Å². The van der Waals surface area contributed by atoms with Gasteiger partial charge in [0, 0.05) is 13.5 Å². The fourth-order valence-electron chi connectivity index (χ4n) is 1.78. The van der Waals surface area contributed by atoms with E-state index < -0.39 is 6.10 Å². The van der Waals surface area contributed by atoms with Crippen LogP contribution in [0.4, 0.5) is 0 Å². The molecule has 0 spiro atoms. The van der Waals surface area contributed by atoms with Gasteiger partial charge in [-0.3, -0.25) is 4.79 Å². The number of halogens is 2. The maximum Gasteiger partial charge on any atom is 0.169 e. The molecule has 0 bridgehead atoms. The van der Waals surface area contributed by atoms with E-state index in [4.69, 9.17) is 37.4 Å². The van der Waals surface area contributed by atoms with Gasteiger partial charge in [0.15, 0.2) is 17.6 Å². The second-order valence-corrected chi connectivity index (χ2v) is 4.98. The van der Waals surface area contributed by atoms with E-state index in [9.17, 15) is 4.79 Å². The first-order valence-electron chi connectivity index (χ1n) is 5.87. The van der Waals surface area contributed by atoms with Gasteiger partial charge in [0.05, 0.1) is 23.3 Å². The van der Waals surface area contributed by atoms with Crippen LogP contribution in [-0.4, -0.2) is 38.3 Å². The Labute approximate surface area is 121 Å². The molecule has 0 saturated heterocycles. The van der Waals surface area contributed by atoms with Crippen LogP contribution in [0, 0.1) is 0 Å². The number of hydrogen-bond donors (Lipinski definition) is 0. The molecular weight excluding hydrogens is 291 g/mol. The lowest BCUT2D eigenvalue weighted by atomic mass is 9.90. The van der Waals surface area contributed by atoms with Crippen molar-refractivity contribution in [2.75, 3.05) is 20.3 Å². The third-order valence-electron chi connectivity index (χ3n) is 2.83. The Balaban J connectivity index is 1.97. The van der Waals surface area contributed by atoms with Gasteiger partial charge in [-0.25, -0.2) is 0 Å². The molecule has 0 aliphatic heterocycles. The molecule has 1 aromatic rings. The van der Waals surface area contributed by atoms with Crippen molar-refractivity contribution in [3.05, 3.63) is 28.2 Å². The van der Waals surface area contributed by atoms with Crippen LogP contribution < -0.4 is 4.74 Å². The van der Waals surface area contributed by atoms with Crippen LogP contribution >= 0.6 is 23.2 Å². The van der Waals surface area contributed by atoms with Crippen molar-refractivity contribution in [3.8, 4) is 5.75 Å². The number of rotatable bonds is 6. The average molecular weight is 305 g/mol. The Morgan fingerprint density at radius 3 is 2.53 bits per heavy atom. The summed E-state index contributed by atoms with van der Waals surface area (Å²) in [5.74, 6) is 0.410. The molecular formula is C13H14Cl2O4. The molecule has 1 aromatic carbocycles. The zero-order valence-corrected chi connectivity index (χ0v) is 11.9. The van der Waals surface area contributed by atoms with Crippen LogP contribution in [0.25, 0.3) is 0 Å². The Bertz CT molecular complexity index is 444. The smallest absolute Gasteiger partial charge is 0.169 e. The van der Waals surface area contributed by atoms with E-state index >= 15 is 0 Å². The number of ether oxygens (including phenoxy) is 3. The first-order chi connectivity index (χ1) is 9.13. The SMILES string of the molecule is COCCOC1C(=O)CC1Oc1c(Cl)cccc1Cl. The number of carbonyl (C=O) groups is 1. The molecule has 0 amide bonds. The molecule has 0 aromatic heterocycles. The highest BCUT2D eigenvalue weighted by Crippen LogP contribution is 2.36. The van der Waals surface area contributed by atoms with Gasteiger partial charge in [0.25, 0.3) is 0 Å². The summed E-state index contributed by atoms with van der Waals surface area (Å²) < 4.78 is 16.0. The monoisotopic (exact) mass is 304 g/mol. The first kappa shape index (κ1) is 14.6. The highest BCUT2D eigenvalue weighted by atomic mass is 35.5. The molecule has 0 heterocycles. The molecule has 0 radical (unpaired) electrons. The number of benzene rings is 1. The van der Waals surface area contributed by atoms with E-state index in [2.05, 4.69) is 0 Å². The number of carbonyl (C=O) groups excluding carboxylic acids is 1. The topological polar surface area (TPSA) is 44.8 Å². The molecule has 1 fully saturated rings. The predicted octanol–water partition coefficient (Wildman–Crippen LogP) is 2.75. The van der Waals surface area contributed by atoms with E-state index in [1.54, 1.807) is 25.3 Å². The molecule has 104 valence electrons. The van der Waals surface area contributed by atoms with Gasteiger partial charge in [-0.1, -0.05) is 29.3 Å². The molecule has 2 unspecified atom stereocenters. The summed E-state index contributed by atoms with van der Waals surface area (Å²) in [7, 11) is 1.57. The van der Waals surface area contributed by atoms with Gasteiger partial charge in [-0.05, 0) is 12.1 Å². The molecule has 19 heavy (non-hydrogen) atoms. The molecule has 1 saturated carbocycles. The van der Waals surface area contributed by atoms with Crippen LogP contribution in [0.5, 0.6) is 5.75 Å². The van der Waals surface area contributed by atoms with Crippen LogP contribution in [-0.2, 0) is 14.3 Å². The second-order valence-electron chi connectivity index (χ2n) is 4.16. The highest BCUT2D eigenvalue weighted by Gasteiger charge is 2.43. The predicted molar refractivity (Wildman–Crippen MR) is 72.1 cm³/mol. The summed E-state index contributed by atoms with van der Waals surface area (Å²) in [6.07, 6.45) is -0.608. The zero-order valence-electron chi connectivity index (χ0n) is 10.4. The van der Waals surface area contributed by atoms with E-state index in [0.717, 1.165) is 0 Å². The quantitative estimate of drug-likeness (QED) is 0.758. The molecule has 6 heteroatoms. The van der Waals surface area contributed by atoms with Crippen molar-refractivity contribution in [2.45, 2.75) is 18.6 Å². The van der Waals surface area contributed by atoms with Crippen molar-refractivity contribution < 1.29 is 19.0 Å². The second kappa shape index (κ2) is 6.57. The summed E-state index contributed by atoms with van der Waals surface area (Å²) in [5, 5.41) is 0.838. The lowest BCUT2D eigenvalue weighted by Gasteiger charge is -2.35. The number of methoxy groups -OCH3 is 1.